The lowest BCUT2D eigenvalue weighted by atomic mass is 10.2. The summed E-state index contributed by atoms with van der Waals surface area (Å²) in [6.07, 6.45) is -0.924. The average molecular weight is 428 g/mol. The minimum Gasteiger partial charge on any atom is -0.494 e. The minimum absolute atomic E-state index is 0.00306. The van der Waals surface area contributed by atoms with E-state index in [2.05, 4.69) is 0 Å². The van der Waals surface area contributed by atoms with Gasteiger partial charge in [0.1, 0.15) is 25.2 Å². The molecule has 164 valence electrons. The Kier molecular flexibility index (Phi) is 7.60. The molecule has 9 heteroatoms. The first-order valence-electron chi connectivity index (χ1n) is 9.64. The molecule has 0 fully saturated rings. The third-order valence-corrected chi connectivity index (χ3v) is 4.59. The van der Waals surface area contributed by atoms with Gasteiger partial charge in [0.25, 0.3) is 5.56 Å². The van der Waals surface area contributed by atoms with Crippen LogP contribution in [0, 0.1) is 0 Å². The Labute approximate surface area is 178 Å². The van der Waals surface area contributed by atoms with Gasteiger partial charge in [-0.3, -0.25) is 9.36 Å². The molecule has 1 aromatic heterocycles. The molecule has 0 aliphatic heterocycles. The summed E-state index contributed by atoms with van der Waals surface area (Å²) in [6, 6.07) is 17.6. The Bertz CT molecular complexity index is 1100. The summed E-state index contributed by atoms with van der Waals surface area (Å²) in [6.45, 7) is -1.02. The highest BCUT2D eigenvalue weighted by Crippen LogP contribution is 2.17. The SMILES string of the molecule is O=c1cc(O)n(Cc2cccc(OCc3ccccc3)c2)c(=O)n1COC(CO)CO. The van der Waals surface area contributed by atoms with Gasteiger partial charge in [-0.15, -0.1) is 0 Å². The molecule has 1 heterocycles. The van der Waals surface area contributed by atoms with Crippen LogP contribution in [0.15, 0.2) is 70.3 Å². The van der Waals surface area contributed by atoms with Gasteiger partial charge in [-0.25, -0.2) is 9.36 Å². The van der Waals surface area contributed by atoms with Crippen molar-refractivity contribution in [2.24, 2.45) is 0 Å². The van der Waals surface area contributed by atoms with Gasteiger partial charge < -0.3 is 24.8 Å². The molecular formula is C22H24N2O7. The number of aliphatic hydroxyl groups is 2. The molecule has 3 rings (SSSR count). The number of aliphatic hydroxyl groups excluding tert-OH is 2. The fraction of sp³-hybridized carbons (Fsp3) is 0.273. The van der Waals surface area contributed by atoms with Gasteiger partial charge in [-0.1, -0.05) is 42.5 Å². The number of aromatic nitrogens is 2. The molecule has 0 saturated heterocycles. The Balaban J connectivity index is 1.78. The first kappa shape index (κ1) is 22.3. The maximum Gasteiger partial charge on any atom is 0.336 e. The van der Waals surface area contributed by atoms with Gasteiger partial charge in [0.05, 0.1) is 25.8 Å². The standard InChI is InChI=1S/C22H24N2O7/c25-12-19(13-26)31-15-24-21(28)10-20(27)23(22(24)29)11-17-7-4-8-18(9-17)30-14-16-5-2-1-3-6-16/h1-10,19,25-27H,11-15H2. The molecule has 2 aromatic carbocycles. The van der Waals surface area contributed by atoms with E-state index in [0.717, 1.165) is 20.8 Å². The topological polar surface area (TPSA) is 123 Å². The van der Waals surface area contributed by atoms with Crippen LogP contribution in [0.5, 0.6) is 11.6 Å². The molecule has 0 radical (unpaired) electrons. The number of aromatic hydroxyl groups is 1. The lowest BCUT2D eigenvalue weighted by molar-refractivity contribution is -0.0526. The predicted molar refractivity (Wildman–Crippen MR) is 112 cm³/mol. The van der Waals surface area contributed by atoms with Gasteiger partial charge in [0.15, 0.2) is 0 Å². The zero-order valence-electron chi connectivity index (χ0n) is 16.8. The Morgan fingerprint density at radius 1 is 0.871 bits per heavy atom. The van der Waals surface area contributed by atoms with E-state index in [1.807, 2.05) is 30.3 Å². The molecule has 0 bridgehead atoms. The zero-order valence-corrected chi connectivity index (χ0v) is 16.8. The fourth-order valence-corrected chi connectivity index (χ4v) is 2.87. The smallest absolute Gasteiger partial charge is 0.336 e. The predicted octanol–water partition coefficient (Wildman–Crippen LogP) is 0.670. The highest BCUT2D eigenvalue weighted by molar-refractivity contribution is 5.29. The Morgan fingerprint density at radius 3 is 2.29 bits per heavy atom. The van der Waals surface area contributed by atoms with E-state index in [0.29, 0.717) is 17.9 Å². The Hall–Kier alpha value is -3.40. The number of nitrogens with zero attached hydrogens (tertiary/aromatic N) is 2. The minimum atomic E-state index is -0.924. The first-order valence-corrected chi connectivity index (χ1v) is 9.64. The largest absolute Gasteiger partial charge is 0.494 e. The first-order chi connectivity index (χ1) is 15.0. The second-order valence-electron chi connectivity index (χ2n) is 6.84. The second kappa shape index (κ2) is 10.6. The van der Waals surface area contributed by atoms with Gasteiger partial charge >= 0.3 is 5.69 Å². The molecule has 0 spiro atoms. The summed E-state index contributed by atoms with van der Waals surface area (Å²) in [5.41, 5.74) is 0.152. The molecule has 3 aromatic rings. The van der Waals surface area contributed by atoms with E-state index in [4.69, 9.17) is 19.7 Å². The molecule has 0 atom stereocenters. The fourth-order valence-electron chi connectivity index (χ4n) is 2.87. The van der Waals surface area contributed by atoms with E-state index < -0.39 is 43.2 Å². The third-order valence-electron chi connectivity index (χ3n) is 4.59. The number of ether oxygens (including phenoxy) is 2. The molecule has 9 nitrogen and oxygen atoms in total. The van der Waals surface area contributed by atoms with Crippen LogP contribution in [-0.4, -0.2) is 43.8 Å². The summed E-state index contributed by atoms with van der Waals surface area (Å²) < 4.78 is 12.8. The van der Waals surface area contributed by atoms with Crippen molar-refractivity contribution in [2.75, 3.05) is 13.2 Å². The van der Waals surface area contributed by atoms with Crippen molar-refractivity contribution in [2.45, 2.75) is 26.0 Å². The molecule has 0 aliphatic rings. The Morgan fingerprint density at radius 2 is 1.58 bits per heavy atom. The lowest BCUT2D eigenvalue weighted by Gasteiger charge is -2.15. The van der Waals surface area contributed by atoms with Crippen molar-refractivity contribution in [3.63, 3.8) is 0 Å². The summed E-state index contributed by atoms with van der Waals surface area (Å²) >= 11 is 0. The highest BCUT2D eigenvalue weighted by atomic mass is 16.5. The average Bonchev–Trinajstić information content (AvgIpc) is 2.78. The summed E-state index contributed by atoms with van der Waals surface area (Å²) in [5.74, 6) is 0.113. The monoisotopic (exact) mass is 428 g/mol. The van der Waals surface area contributed by atoms with Crippen molar-refractivity contribution >= 4 is 0 Å². The third kappa shape index (κ3) is 5.82. The van der Waals surface area contributed by atoms with E-state index in [1.165, 1.54) is 0 Å². The molecule has 0 aliphatic carbocycles. The summed E-state index contributed by atoms with van der Waals surface area (Å²) in [7, 11) is 0. The number of rotatable bonds is 10. The zero-order chi connectivity index (χ0) is 22.2. The molecular weight excluding hydrogens is 404 g/mol. The van der Waals surface area contributed by atoms with E-state index in [9.17, 15) is 14.7 Å². The van der Waals surface area contributed by atoms with Crippen LogP contribution >= 0.6 is 0 Å². The molecule has 0 saturated carbocycles. The van der Waals surface area contributed by atoms with Gasteiger partial charge in [0.2, 0.25) is 5.88 Å². The molecule has 0 amide bonds. The lowest BCUT2D eigenvalue weighted by Crippen LogP contribution is -2.41. The molecule has 3 N–H and O–H groups in total. The van der Waals surface area contributed by atoms with Gasteiger partial charge in [-0.2, -0.15) is 0 Å². The van der Waals surface area contributed by atoms with Crippen molar-refractivity contribution in [3.8, 4) is 11.6 Å². The van der Waals surface area contributed by atoms with Crippen LogP contribution in [0.3, 0.4) is 0 Å². The van der Waals surface area contributed by atoms with Crippen LogP contribution in [0.1, 0.15) is 11.1 Å². The second-order valence-corrected chi connectivity index (χ2v) is 6.84. The maximum atomic E-state index is 12.7. The summed E-state index contributed by atoms with van der Waals surface area (Å²) in [5, 5.41) is 28.3. The summed E-state index contributed by atoms with van der Waals surface area (Å²) in [4.78, 5) is 24.8. The van der Waals surface area contributed by atoms with E-state index in [1.54, 1.807) is 24.3 Å². The van der Waals surface area contributed by atoms with Gasteiger partial charge in [0, 0.05) is 0 Å². The van der Waals surface area contributed by atoms with E-state index in [-0.39, 0.29) is 6.54 Å². The van der Waals surface area contributed by atoms with Crippen molar-refractivity contribution in [3.05, 3.63) is 92.6 Å². The van der Waals surface area contributed by atoms with Gasteiger partial charge in [-0.05, 0) is 23.3 Å². The number of hydrogen-bond donors (Lipinski definition) is 3. The van der Waals surface area contributed by atoms with E-state index >= 15 is 0 Å². The highest BCUT2D eigenvalue weighted by Gasteiger charge is 2.14. The van der Waals surface area contributed by atoms with Crippen molar-refractivity contribution < 1.29 is 24.8 Å². The van der Waals surface area contributed by atoms with Crippen LogP contribution in [0.4, 0.5) is 0 Å². The maximum absolute atomic E-state index is 12.7. The van der Waals surface area contributed by atoms with Crippen molar-refractivity contribution in [1.29, 1.82) is 0 Å². The van der Waals surface area contributed by atoms with Crippen LogP contribution in [-0.2, 0) is 24.6 Å². The van der Waals surface area contributed by atoms with Crippen LogP contribution in [0.2, 0.25) is 0 Å². The quantitative estimate of drug-likeness (QED) is 0.434. The molecule has 0 unspecified atom stereocenters. The molecule has 31 heavy (non-hydrogen) atoms. The number of benzene rings is 2. The van der Waals surface area contributed by atoms with Crippen LogP contribution < -0.4 is 16.0 Å². The normalized spacial score (nSPS) is 11.1. The van der Waals surface area contributed by atoms with Crippen LogP contribution in [0.25, 0.3) is 0 Å². The number of hydrogen-bond acceptors (Lipinski definition) is 7. The van der Waals surface area contributed by atoms with Crippen molar-refractivity contribution in [1.82, 2.24) is 9.13 Å².